The Morgan fingerprint density at radius 1 is 1.17 bits per heavy atom. The SMILES string of the molecule is CC(C)c1cccc([S+](O)N2CCN(C)CC2)c1. The Morgan fingerprint density at radius 3 is 2.44 bits per heavy atom. The van der Waals surface area contributed by atoms with Crippen molar-refractivity contribution in [1.82, 2.24) is 9.21 Å². The highest BCUT2D eigenvalue weighted by Crippen LogP contribution is 2.22. The zero-order chi connectivity index (χ0) is 13.1. The van der Waals surface area contributed by atoms with Crippen LogP contribution in [0.4, 0.5) is 0 Å². The van der Waals surface area contributed by atoms with Crippen molar-refractivity contribution in [2.45, 2.75) is 24.7 Å². The summed E-state index contributed by atoms with van der Waals surface area (Å²) in [6.07, 6.45) is 0. The van der Waals surface area contributed by atoms with E-state index in [2.05, 4.69) is 48.3 Å². The van der Waals surface area contributed by atoms with Crippen LogP contribution in [0.2, 0.25) is 0 Å². The Labute approximate surface area is 113 Å². The van der Waals surface area contributed by atoms with Gasteiger partial charge in [-0.3, -0.25) is 0 Å². The maximum Gasteiger partial charge on any atom is 0.278 e. The summed E-state index contributed by atoms with van der Waals surface area (Å²) in [5, 5.41) is 0. The molecule has 1 N–H and O–H groups in total. The van der Waals surface area contributed by atoms with Gasteiger partial charge in [0.15, 0.2) is 0 Å². The molecule has 1 aromatic carbocycles. The summed E-state index contributed by atoms with van der Waals surface area (Å²) in [6.45, 7) is 8.33. The lowest BCUT2D eigenvalue weighted by Crippen LogP contribution is -2.46. The van der Waals surface area contributed by atoms with Gasteiger partial charge in [0.2, 0.25) is 4.90 Å². The summed E-state index contributed by atoms with van der Waals surface area (Å²) in [5.41, 5.74) is 1.30. The summed E-state index contributed by atoms with van der Waals surface area (Å²) >= 11 is -0.755. The Balaban J connectivity index is 2.08. The topological polar surface area (TPSA) is 26.7 Å². The van der Waals surface area contributed by atoms with E-state index >= 15 is 0 Å². The molecule has 1 heterocycles. The Kier molecular flexibility index (Phi) is 4.67. The van der Waals surface area contributed by atoms with Crippen molar-refractivity contribution in [2.24, 2.45) is 0 Å². The first-order chi connectivity index (χ1) is 8.58. The quantitative estimate of drug-likeness (QED) is 0.852. The lowest BCUT2D eigenvalue weighted by molar-refractivity contribution is 0.223. The van der Waals surface area contributed by atoms with Crippen LogP contribution in [0.15, 0.2) is 29.2 Å². The molecule has 0 aliphatic carbocycles. The van der Waals surface area contributed by atoms with Crippen LogP contribution in [-0.2, 0) is 11.4 Å². The molecule has 0 radical (unpaired) electrons. The van der Waals surface area contributed by atoms with E-state index in [0.29, 0.717) is 5.92 Å². The maximum atomic E-state index is 10.5. The second kappa shape index (κ2) is 6.06. The standard InChI is InChI=1S/C14H23N2OS/c1-12(2)13-5-4-6-14(11-13)18(17)16-9-7-15(3)8-10-16/h4-6,11-12,17H,7-10H2,1-3H3/q+1. The average molecular weight is 267 g/mol. The number of piperazine rings is 1. The highest BCUT2D eigenvalue weighted by atomic mass is 32.2. The third-order valence-electron chi connectivity index (χ3n) is 3.44. The van der Waals surface area contributed by atoms with Gasteiger partial charge in [-0.1, -0.05) is 30.3 Å². The molecule has 0 spiro atoms. The van der Waals surface area contributed by atoms with Gasteiger partial charge in [0, 0.05) is 19.2 Å². The molecule has 3 nitrogen and oxygen atoms in total. The minimum absolute atomic E-state index is 0.509. The molecule has 0 aromatic heterocycles. The van der Waals surface area contributed by atoms with E-state index < -0.39 is 11.4 Å². The molecule has 4 heteroatoms. The zero-order valence-electron chi connectivity index (χ0n) is 11.5. The molecule has 1 aliphatic rings. The monoisotopic (exact) mass is 267 g/mol. The molecule has 1 saturated heterocycles. The summed E-state index contributed by atoms with van der Waals surface area (Å²) in [6, 6.07) is 8.37. The molecular weight excluding hydrogens is 244 g/mol. The fraction of sp³-hybridized carbons (Fsp3) is 0.571. The summed E-state index contributed by atoms with van der Waals surface area (Å²) in [5.74, 6) is 0.509. The molecule has 2 rings (SSSR count). The number of rotatable bonds is 3. The molecule has 1 fully saturated rings. The Hall–Kier alpha value is -0.550. The van der Waals surface area contributed by atoms with Crippen LogP contribution in [-0.4, -0.2) is 47.0 Å². The van der Waals surface area contributed by atoms with Crippen LogP contribution >= 0.6 is 0 Å². The number of likely N-dealkylation sites (N-methyl/N-ethyl adjacent to an activating group) is 1. The van der Waals surface area contributed by atoms with Gasteiger partial charge >= 0.3 is 0 Å². The van der Waals surface area contributed by atoms with Gasteiger partial charge in [0.25, 0.3) is 11.4 Å². The predicted octanol–water partition coefficient (Wildman–Crippen LogP) is 2.42. The Morgan fingerprint density at radius 2 is 1.83 bits per heavy atom. The fourth-order valence-electron chi connectivity index (χ4n) is 2.10. The van der Waals surface area contributed by atoms with Gasteiger partial charge in [-0.05, 0) is 24.6 Å². The summed E-state index contributed by atoms with van der Waals surface area (Å²) in [4.78, 5) is 3.35. The van der Waals surface area contributed by atoms with E-state index in [1.165, 1.54) is 5.56 Å². The van der Waals surface area contributed by atoms with Crippen LogP contribution in [0, 0.1) is 0 Å². The Bertz CT molecular complexity index is 389. The minimum Gasteiger partial charge on any atom is -0.303 e. The molecule has 0 bridgehead atoms. The van der Waals surface area contributed by atoms with E-state index in [1.54, 1.807) is 0 Å². The zero-order valence-corrected chi connectivity index (χ0v) is 12.3. The first-order valence-corrected chi connectivity index (χ1v) is 7.68. The van der Waals surface area contributed by atoms with Gasteiger partial charge in [0.05, 0.1) is 13.1 Å². The molecule has 1 atom stereocenters. The van der Waals surface area contributed by atoms with Gasteiger partial charge in [-0.2, -0.15) is 4.55 Å². The second-order valence-electron chi connectivity index (χ2n) is 5.22. The first kappa shape index (κ1) is 13.9. The van der Waals surface area contributed by atoms with Gasteiger partial charge < -0.3 is 4.90 Å². The first-order valence-electron chi connectivity index (χ1n) is 6.55. The van der Waals surface area contributed by atoms with Crippen LogP contribution in [0.25, 0.3) is 0 Å². The molecular formula is C14H23N2OS+. The predicted molar refractivity (Wildman–Crippen MR) is 77.9 cm³/mol. The van der Waals surface area contributed by atoms with Crippen molar-refractivity contribution in [2.75, 3.05) is 33.2 Å². The smallest absolute Gasteiger partial charge is 0.278 e. The van der Waals surface area contributed by atoms with E-state index in [0.717, 1.165) is 31.1 Å². The van der Waals surface area contributed by atoms with Crippen molar-refractivity contribution < 1.29 is 4.55 Å². The average Bonchev–Trinajstić information content (AvgIpc) is 2.39. The molecule has 1 aliphatic heterocycles. The molecule has 1 aromatic rings. The number of nitrogens with zero attached hydrogens (tertiary/aromatic N) is 2. The van der Waals surface area contributed by atoms with Crippen LogP contribution in [0.5, 0.6) is 0 Å². The summed E-state index contributed by atoms with van der Waals surface area (Å²) < 4.78 is 12.7. The maximum absolute atomic E-state index is 10.5. The lowest BCUT2D eigenvalue weighted by atomic mass is 10.0. The second-order valence-corrected chi connectivity index (χ2v) is 6.74. The van der Waals surface area contributed by atoms with Crippen molar-refractivity contribution in [3.63, 3.8) is 0 Å². The molecule has 100 valence electrons. The van der Waals surface area contributed by atoms with Crippen LogP contribution in [0.1, 0.15) is 25.3 Å². The number of hydrogen-bond acceptors (Lipinski definition) is 3. The van der Waals surface area contributed by atoms with Gasteiger partial charge in [0.1, 0.15) is 0 Å². The fourth-order valence-corrected chi connectivity index (χ4v) is 3.35. The van der Waals surface area contributed by atoms with E-state index in [4.69, 9.17) is 0 Å². The number of benzene rings is 1. The normalized spacial score (nSPS) is 20.3. The van der Waals surface area contributed by atoms with Crippen LogP contribution in [0.3, 0.4) is 0 Å². The van der Waals surface area contributed by atoms with E-state index in [9.17, 15) is 4.55 Å². The highest BCUT2D eigenvalue weighted by Gasteiger charge is 2.32. The molecule has 0 saturated carbocycles. The molecule has 1 unspecified atom stereocenters. The van der Waals surface area contributed by atoms with Crippen LogP contribution < -0.4 is 0 Å². The van der Waals surface area contributed by atoms with E-state index in [-0.39, 0.29) is 0 Å². The van der Waals surface area contributed by atoms with Crippen molar-refractivity contribution in [3.8, 4) is 0 Å². The third kappa shape index (κ3) is 3.26. The highest BCUT2D eigenvalue weighted by molar-refractivity contribution is 7.89. The van der Waals surface area contributed by atoms with Crippen molar-refractivity contribution >= 4 is 11.4 Å². The summed E-state index contributed by atoms with van der Waals surface area (Å²) in [7, 11) is 2.13. The largest absolute Gasteiger partial charge is 0.303 e. The molecule has 18 heavy (non-hydrogen) atoms. The van der Waals surface area contributed by atoms with Crippen molar-refractivity contribution in [3.05, 3.63) is 29.8 Å². The molecule has 0 amide bonds. The lowest BCUT2D eigenvalue weighted by Gasteiger charge is -2.27. The van der Waals surface area contributed by atoms with Gasteiger partial charge in [-0.15, -0.1) is 0 Å². The van der Waals surface area contributed by atoms with Crippen molar-refractivity contribution in [1.29, 1.82) is 0 Å². The number of hydrogen-bond donors (Lipinski definition) is 1. The minimum atomic E-state index is -0.755. The third-order valence-corrected chi connectivity index (χ3v) is 4.97. The van der Waals surface area contributed by atoms with Gasteiger partial charge in [-0.25, -0.2) is 0 Å². The van der Waals surface area contributed by atoms with E-state index in [1.807, 2.05) is 6.07 Å².